The van der Waals surface area contributed by atoms with Crippen molar-refractivity contribution in [3.05, 3.63) is 23.4 Å². The number of hydrogen-bond acceptors (Lipinski definition) is 3. The highest BCUT2D eigenvalue weighted by molar-refractivity contribution is 5.79. The molecule has 1 N–H and O–H groups in total. The second kappa shape index (κ2) is 6.45. The molecule has 0 radical (unpaired) electrons. The molecule has 0 amide bonds. The Morgan fingerprint density at radius 3 is 2.68 bits per heavy atom. The van der Waals surface area contributed by atoms with Crippen molar-refractivity contribution in [3.8, 4) is 0 Å². The number of likely N-dealkylation sites (tertiary alicyclic amines) is 1. The van der Waals surface area contributed by atoms with Crippen molar-refractivity contribution in [1.29, 1.82) is 0 Å². The Bertz CT molecular complexity index is 733. The van der Waals surface area contributed by atoms with E-state index in [2.05, 4.69) is 30.9 Å². The Morgan fingerprint density at radius 1 is 1.21 bits per heavy atom. The number of fused-ring (bicyclic) bond motifs is 5. The number of rotatable bonds is 2. The summed E-state index contributed by atoms with van der Waals surface area (Å²) in [7, 11) is 0. The average molecular weight is 384 g/mol. The van der Waals surface area contributed by atoms with Gasteiger partial charge in [0.15, 0.2) is 0 Å². The van der Waals surface area contributed by atoms with E-state index in [1.807, 2.05) is 0 Å². The molecule has 1 heterocycles. The van der Waals surface area contributed by atoms with E-state index < -0.39 is 0 Å². The maximum absolute atomic E-state index is 12.3. The normalized spacial score (nSPS) is 47.7. The van der Waals surface area contributed by atoms with Gasteiger partial charge in [0.2, 0.25) is 0 Å². The summed E-state index contributed by atoms with van der Waals surface area (Å²) in [6.07, 6.45) is 13.8. The van der Waals surface area contributed by atoms with Gasteiger partial charge < -0.3 is 10.0 Å². The van der Waals surface area contributed by atoms with Gasteiger partial charge in [-0.2, -0.15) is 0 Å². The fourth-order valence-electron chi connectivity index (χ4n) is 8.37. The van der Waals surface area contributed by atoms with Crippen LogP contribution in [-0.4, -0.2) is 35.0 Å². The van der Waals surface area contributed by atoms with Gasteiger partial charge in [0.1, 0.15) is 5.78 Å². The maximum atomic E-state index is 12.3. The zero-order valence-corrected chi connectivity index (χ0v) is 17.9. The molecule has 0 bridgehead atoms. The molecule has 3 nitrogen and oxygen atoms in total. The molecule has 0 aromatic heterocycles. The molecule has 154 valence electrons. The van der Waals surface area contributed by atoms with Gasteiger partial charge >= 0.3 is 0 Å². The second-order valence-electron chi connectivity index (χ2n) is 11.0. The van der Waals surface area contributed by atoms with Crippen LogP contribution in [0.25, 0.3) is 0 Å². The van der Waals surface area contributed by atoms with Crippen LogP contribution in [0.1, 0.15) is 72.1 Å². The van der Waals surface area contributed by atoms with Crippen molar-refractivity contribution in [1.82, 2.24) is 4.90 Å². The van der Waals surface area contributed by atoms with Gasteiger partial charge in [0, 0.05) is 24.7 Å². The second-order valence-corrected chi connectivity index (χ2v) is 11.0. The van der Waals surface area contributed by atoms with Crippen LogP contribution < -0.4 is 0 Å². The molecule has 2 saturated carbocycles. The SMILES string of the molecule is CC(=O)[C@@H]1CC[C@@H]2[C@@H]3CC=C4C=C(N5CCCC5)CC[C@]4(C)[C@@H]3[C@H](O)C[C@]21C. The van der Waals surface area contributed by atoms with E-state index in [0.29, 0.717) is 23.5 Å². The quantitative estimate of drug-likeness (QED) is 0.750. The first kappa shape index (κ1) is 18.9. The number of allylic oxidation sites excluding steroid dienone is 4. The Hall–Kier alpha value is -1.09. The fraction of sp³-hybridized carbons (Fsp3) is 0.800. The Morgan fingerprint density at radius 2 is 1.96 bits per heavy atom. The summed E-state index contributed by atoms with van der Waals surface area (Å²) in [5.41, 5.74) is 3.12. The van der Waals surface area contributed by atoms with Gasteiger partial charge in [-0.1, -0.05) is 19.9 Å². The smallest absolute Gasteiger partial charge is 0.133 e. The highest BCUT2D eigenvalue weighted by Crippen LogP contribution is 2.66. The summed E-state index contributed by atoms with van der Waals surface area (Å²) in [4.78, 5) is 14.9. The Labute approximate surface area is 170 Å². The van der Waals surface area contributed by atoms with Gasteiger partial charge in [0.05, 0.1) is 6.10 Å². The van der Waals surface area contributed by atoms with Crippen LogP contribution in [0.15, 0.2) is 23.4 Å². The first-order chi connectivity index (χ1) is 13.3. The molecule has 1 aliphatic heterocycles. The molecule has 0 spiro atoms. The summed E-state index contributed by atoms with van der Waals surface area (Å²) in [6, 6.07) is 0. The zero-order chi connectivity index (χ0) is 19.7. The molecule has 0 aromatic rings. The molecule has 4 aliphatic carbocycles. The minimum Gasteiger partial charge on any atom is -0.393 e. The number of nitrogens with zero attached hydrogens (tertiary/aromatic N) is 1. The predicted octanol–water partition coefficient (Wildman–Crippen LogP) is 4.71. The lowest BCUT2D eigenvalue weighted by atomic mass is 9.47. The summed E-state index contributed by atoms with van der Waals surface area (Å²) < 4.78 is 0. The lowest BCUT2D eigenvalue weighted by Gasteiger charge is -2.59. The van der Waals surface area contributed by atoms with Gasteiger partial charge in [0.25, 0.3) is 0 Å². The van der Waals surface area contributed by atoms with Crippen molar-refractivity contribution in [3.63, 3.8) is 0 Å². The third-order valence-electron chi connectivity index (χ3n) is 9.68. The largest absolute Gasteiger partial charge is 0.393 e. The highest BCUT2D eigenvalue weighted by Gasteiger charge is 2.61. The van der Waals surface area contributed by atoms with E-state index >= 15 is 0 Å². The van der Waals surface area contributed by atoms with Crippen LogP contribution in [0.3, 0.4) is 0 Å². The van der Waals surface area contributed by atoms with Crippen LogP contribution in [0.2, 0.25) is 0 Å². The van der Waals surface area contributed by atoms with Gasteiger partial charge in [-0.15, -0.1) is 0 Å². The molecule has 1 saturated heterocycles. The van der Waals surface area contributed by atoms with Gasteiger partial charge in [-0.3, -0.25) is 4.79 Å². The highest BCUT2D eigenvalue weighted by atomic mass is 16.3. The number of aliphatic hydroxyl groups excluding tert-OH is 1. The van der Waals surface area contributed by atoms with Crippen LogP contribution in [-0.2, 0) is 4.79 Å². The third kappa shape index (κ3) is 2.54. The predicted molar refractivity (Wildman–Crippen MR) is 112 cm³/mol. The molecule has 0 aromatic carbocycles. The summed E-state index contributed by atoms with van der Waals surface area (Å²) in [5, 5.41) is 11.4. The molecule has 3 heteroatoms. The van der Waals surface area contributed by atoms with Crippen LogP contribution >= 0.6 is 0 Å². The van der Waals surface area contributed by atoms with E-state index in [0.717, 1.165) is 25.7 Å². The van der Waals surface area contributed by atoms with Crippen LogP contribution in [0.5, 0.6) is 0 Å². The summed E-state index contributed by atoms with van der Waals surface area (Å²) in [5.74, 6) is 1.97. The van der Waals surface area contributed by atoms with Gasteiger partial charge in [-0.25, -0.2) is 0 Å². The van der Waals surface area contributed by atoms with E-state index in [1.165, 1.54) is 50.0 Å². The van der Waals surface area contributed by atoms with Crippen molar-refractivity contribution in [2.24, 2.45) is 34.5 Å². The van der Waals surface area contributed by atoms with Crippen molar-refractivity contribution in [2.45, 2.75) is 78.2 Å². The molecule has 5 aliphatic rings. The average Bonchev–Trinajstić information content (AvgIpc) is 3.27. The molecular weight excluding hydrogens is 346 g/mol. The minimum atomic E-state index is -0.276. The van der Waals surface area contributed by atoms with Crippen molar-refractivity contribution >= 4 is 5.78 Å². The number of ketones is 1. The third-order valence-corrected chi connectivity index (χ3v) is 9.68. The molecule has 0 unspecified atom stereocenters. The zero-order valence-electron chi connectivity index (χ0n) is 17.9. The number of Topliss-reactive ketones (excluding diaryl/α,β-unsaturated/α-hetero) is 1. The van der Waals surface area contributed by atoms with Crippen molar-refractivity contribution < 1.29 is 9.90 Å². The number of aliphatic hydroxyl groups is 1. The first-order valence-electron chi connectivity index (χ1n) is 11.7. The summed E-state index contributed by atoms with van der Waals surface area (Å²) >= 11 is 0. The lowest BCUT2D eigenvalue weighted by molar-refractivity contribution is -0.137. The number of carbonyl (C=O) groups excluding carboxylic acids is 1. The van der Waals surface area contributed by atoms with E-state index in [4.69, 9.17) is 0 Å². The topological polar surface area (TPSA) is 40.5 Å². The van der Waals surface area contributed by atoms with Gasteiger partial charge in [-0.05, 0) is 98.5 Å². The lowest BCUT2D eigenvalue weighted by Crippen LogP contribution is -2.56. The molecule has 5 rings (SSSR count). The molecule has 28 heavy (non-hydrogen) atoms. The van der Waals surface area contributed by atoms with Crippen LogP contribution in [0.4, 0.5) is 0 Å². The fourth-order valence-corrected chi connectivity index (χ4v) is 8.37. The van der Waals surface area contributed by atoms with E-state index in [9.17, 15) is 9.90 Å². The standard InChI is InChI=1S/C25H37NO2/c1-16(27)20-8-9-21-19-7-6-17-14-18(26-12-4-5-13-26)10-11-24(17,2)23(19)22(28)15-25(20,21)3/h6,14,19-23,28H,4-5,7-13,15H2,1-3H3/t19-,20-,21+,22+,23-,24-,25-/m0/s1. The molecule has 7 atom stereocenters. The number of hydrogen-bond donors (Lipinski definition) is 1. The monoisotopic (exact) mass is 383 g/mol. The minimum absolute atomic E-state index is 0.000657. The van der Waals surface area contributed by atoms with E-state index in [1.54, 1.807) is 6.92 Å². The first-order valence-corrected chi connectivity index (χ1v) is 11.7. The molecule has 3 fully saturated rings. The Kier molecular flexibility index (Phi) is 4.36. The maximum Gasteiger partial charge on any atom is 0.133 e. The summed E-state index contributed by atoms with van der Waals surface area (Å²) in [6.45, 7) is 8.94. The van der Waals surface area contributed by atoms with Crippen molar-refractivity contribution in [2.75, 3.05) is 13.1 Å². The van der Waals surface area contributed by atoms with Crippen LogP contribution in [0, 0.1) is 34.5 Å². The molecular formula is C25H37NO2. The van der Waals surface area contributed by atoms with E-state index in [-0.39, 0.29) is 22.9 Å². The Balaban J connectivity index is 1.48. The number of carbonyl (C=O) groups is 1.